The number of nitrogens with two attached hydrogens (primary N) is 1. The first-order chi connectivity index (χ1) is 12.7. The number of hydrogen-bond donors (Lipinski definition) is 3. The molecule has 0 unspecified atom stereocenters. The first-order valence-corrected chi connectivity index (χ1v) is 8.74. The maximum atomic E-state index is 12.1. The van der Waals surface area contributed by atoms with Gasteiger partial charge in [-0.15, -0.1) is 11.3 Å². The maximum absolute atomic E-state index is 12.1. The van der Waals surface area contributed by atoms with E-state index in [9.17, 15) is 22.8 Å². The van der Waals surface area contributed by atoms with Crippen LogP contribution < -0.4 is 16.4 Å². The van der Waals surface area contributed by atoms with Crippen LogP contribution in [-0.4, -0.2) is 35.6 Å². The molecule has 0 saturated carbocycles. The van der Waals surface area contributed by atoms with E-state index >= 15 is 0 Å². The zero-order valence-electron chi connectivity index (χ0n) is 14.0. The number of nitrogens with zero attached hydrogens (tertiary/aromatic N) is 2. The Hall–Kier alpha value is -2.71. The molecule has 1 heterocycles. The molecule has 2 rings (SSSR count). The summed E-state index contributed by atoms with van der Waals surface area (Å²) in [5.41, 5.74) is 6.94. The van der Waals surface area contributed by atoms with Crippen LogP contribution in [0.1, 0.15) is 24.3 Å². The fourth-order valence-electron chi connectivity index (χ4n) is 2.21. The molecule has 0 fully saturated rings. The van der Waals surface area contributed by atoms with Gasteiger partial charge in [0, 0.05) is 12.2 Å². The molecule has 0 radical (unpaired) electrons. The standard InChI is InChI=1S/C16H16F3N5O2S/c17-16(18,19)15(26)22-6-2-1-3-10(21)14(25)23-9-4-5-11-12(7-9)27-13(8-20)24-11/h4-5,7,10H,1-3,6,21H2,(H,22,26)(H,23,25)/t10-/m0/s1. The van der Waals surface area contributed by atoms with Gasteiger partial charge in [-0.1, -0.05) is 0 Å². The SMILES string of the molecule is N#Cc1nc2ccc(NC(=O)[C@@H](N)CCCCNC(=O)C(F)(F)F)cc2s1. The highest BCUT2D eigenvalue weighted by atomic mass is 32.1. The van der Waals surface area contributed by atoms with Gasteiger partial charge in [0.25, 0.3) is 0 Å². The molecule has 0 saturated heterocycles. The summed E-state index contributed by atoms with van der Waals surface area (Å²) < 4.78 is 36.8. The van der Waals surface area contributed by atoms with Crippen molar-refractivity contribution >= 4 is 39.1 Å². The molecule has 1 aromatic carbocycles. The van der Waals surface area contributed by atoms with E-state index in [4.69, 9.17) is 11.0 Å². The number of halogens is 3. The first-order valence-electron chi connectivity index (χ1n) is 7.93. The predicted molar refractivity (Wildman–Crippen MR) is 93.9 cm³/mol. The second-order valence-electron chi connectivity index (χ2n) is 5.66. The third-order valence-electron chi connectivity index (χ3n) is 3.57. The van der Waals surface area contributed by atoms with Gasteiger partial charge in [-0.05, 0) is 37.5 Å². The van der Waals surface area contributed by atoms with Crippen LogP contribution in [0.4, 0.5) is 18.9 Å². The number of thiazole rings is 1. The molecular formula is C16H16F3N5O2S. The molecule has 0 aliphatic rings. The minimum atomic E-state index is -4.90. The van der Waals surface area contributed by atoms with Crippen molar-refractivity contribution < 1.29 is 22.8 Å². The highest BCUT2D eigenvalue weighted by Gasteiger charge is 2.38. The normalized spacial score (nSPS) is 12.4. The Kier molecular flexibility index (Phi) is 6.70. The van der Waals surface area contributed by atoms with Crippen LogP contribution in [0.2, 0.25) is 0 Å². The van der Waals surface area contributed by atoms with Crippen molar-refractivity contribution in [2.45, 2.75) is 31.5 Å². The molecule has 0 aliphatic heterocycles. The number of fused-ring (bicyclic) bond motifs is 1. The van der Waals surface area contributed by atoms with Crippen molar-refractivity contribution in [2.24, 2.45) is 5.73 Å². The summed E-state index contributed by atoms with van der Waals surface area (Å²) in [4.78, 5) is 26.8. The van der Waals surface area contributed by atoms with Crippen LogP contribution in [0.25, 0.3) is 10.2 Å². The molecule has 27 heavy (non-hydrogen) atoms. The predicted octanol–water partition coefficient (Wildman–Crippen LogP) is 2.28. The van der Waals surface area contributed by atoms with E-state index in [0.717, 1.165) is 4.70 Å². The third-order valence-corrected chi connectivity index (χ3v) is 4.50. The lowest BCUT2D eigenvalue weighted by atomic mass is 10.1. The average molecular weight is 399 g/mol. The summed E-state index contributed by atoms with van der Waals surface area (Å²) in [6, 6.07) is 6.12. The van der Waals surface area contributed by atoms with E-state index in [2.05, 4.69) is 10.3 Å². The van der Waals surface area contributed by atoms with E-state index in [1.54, 1.807) is 23.5 Å². The summed E-state index contributed by atoms with van der Waals surface area (Å²) in [7, 11) is 0. The first kappa shape index (κ1) is 20.6. The van der Waals surface area contributed by atoms with Crippen molar-refractivity contribution in [1.29, 1.82) is 5.26 Å². The van der Waals surface area contributed by atoms with Crippen molar-refractivity contribution in [2.75, 3.05) is 11.9 Å². The maximum Gasteiger partial charge on any atom is 0.471 e. The molecular weight excluding hydrogens is 383 g/mol. The number of nitriles is 1. The topological polar surface area (TPSA) is 121 Å². The molecule has 1 aromatic heterocycles. The van der Waals surface area contributed by atoms with Crippen molar-refractivity contribution in [3.63, 3.8) is 0 Å². The minimum Gasteiger partial charge on any atom is -0.348 e. The van der Waals surface area contributed by atoms with Gasteiger partial charge in [-0.25, -0.2) is 4.98 Å². The number of amides is 2. The van der Waals surface area contributed by atoms with E-state index < -0.39 is 24.0 Å². The van der Waals surface area contributed by atoms with Crippen LogP contribution in [0.15, 0.2) is 18.2 Å². The van der Waals surface area contributed by atoms with Crippen molar-refractivity contribution in [3.05, 3.63) is 23.2 Å². The molecule has 0 aliphatic carbocycles. The molecule has 7 nitrogen and oxygen atoms in total. The summed E-state index contributed by atoms with van der Waals surface area (Å²) in [5.74, 6) is -2.42. The van der Waals surface area contributed by atoms with E-state index in [0.29, 0.717) is 22.6 Å². The highest BCUT2D eigenvalue weighted by Crippen LogP contribution is 2.25. The van der Waals surface area contributed by atoms with Crippen LogP contribution in [0.5, 0.6) is 0 Å². The third kappa shape index (κ3) is 5.90. The minimum absolute atomic E-state index is 0.143. The zero-order valence-corrected chi connectivity index (χ0v) is 14.8. The largest absolute Gasteiger partial charge is 0.471 e. The molecule has 4 N–H and O–H groups in total. The number of benzene rings is 1. The smallest absolute Gasteiger partial charge is 0.348 e. The molecule has 2 amide bonds. The fourth-order valence-corrected chi connectivity index (χ4v) is 3.01. The van der Waals surface area contributed by atoms with Gasteiger partial charge in [0.1, 0.15) is 6.07 Å². The number of anilines is 1. The quantitative estimate of drug-likeness (QED) is 0.617. The van der Waals surface area contributed by atoms with Crippen LogP contribution in [0, 0.1) is 11.3 Å². The van der Waals surface area contributed by atoms with Gasteiger partial charge in [0.15, 0.2) is 5.01 Å². The summed E-state index contributed by atoms with van der Waals surface area (Å²) in [5, 5.41) is 13.6. The highest BCUT2D eigenvalue weighted by molar-refractivity contribution is 7.19. The number of alkyl halides is 3. The second-order valence-corrected chi connectivity index (χ2v) is 6.69. The van der Waals surface area contributed by atoms with Gasteiger partial charge in [0.05, 0.1) is 16.3 Å². The fraction of sp³-hybridized carbons (Fsp3) is 0.375. The Morgan fingerprint density at radius 1 is 1.33 bits per heavy atom. The van der Waals surface area contributed by atoms with E-state index in [1.807, 2.05) is 6.07 Å². The second kappa shape index (κ2) is 8.79. The number of unbranched alkanes of at least 4 members (excludes halogenated alkanes) is 1. The van der Waals surface area contributed by atoms with Crippen molar-refractivity contribution in [1.82, 2.24) is 10.3 Å². The Bertz CT molecular complexity index is 875. The Balaban J connectivity index is 1.77. The lowest BCUT2D eigenvalue weighted by Gasteiger charge is -2.12. The van der Waals surface area contributed by atoms with Gasteiger partial charge >= 0.3 is 12.1 Å². The Morgan fingerprint density at radius 3 is 2.74 bits per heavy atom. The molecule has 144 valence electrons. The lowest BCUT2D eigenvalue weighted by molar-refractivity contribution is -0.173. The summed E-state index contributed by atoms with van der Waals surface area (Å²) in [6.07, 6.45) is -3.99. The van der Waals surface area contributed by atoms with Gasteiger partial charge < -0.3 is 16.4 Å². The molecule has 2 aromatic rings. The number of carbonyl (C=O) groups is 2. The summed E-state index contributed by atoms with van der Waals surface area (Å²) in [6.45, 7) is -0.143. The monoisotopic (exact) mass is 399 g/mol. The molecule has 1 atom stereocenters. The average Bonchev–Trinajstić information content (AvgIpc) is 3.02. The van der Waals surface area contributed by atoms with Crippen LogP contribution in [-0.2, 0) is 9.59 Å². The van der Waals surface area contributed by atoms with E-state index in [-0.39, 0.29) is 19.4 Å². The Morgan fingerprint density at radius 2 is 2.07 bits per heavy atom. The van der Waals surface area contributed by atoms with Gasteiger partial charge in [0.2, 0.25) is 5.91 Å². The lowest BCUT2D eigenvalue weighted by Crippen LogP contribution is -2.38. The van der Waals surface area contributed by atoms with Crippen LogP contribution in [0.3, 0.4) is 0 Å². The molecule has 11 heteroatoms. The molecule has 0 bridgehead atoms. The Labute approximate surface area is 156 Å². The number of hydrogen-bond acceptors (Lipinski definition) is 6. The van der Waals surface area contributed by atoms with Gasteiger partial charge in [-0.3, -0.25) is 9.59 Å². The van der Waals surface area contributed by atoms with Crippen LogP contribution >= 0.6 is 11.3 Å². The summed E-state index contributed by atoms with van der Waals surface area (Å²) >= 11 is 1.20. The number of rotatable bonds is 7. The number of carbonyl (C=O) groups excluding carboxylic acids is 2. The molecule has 0 spiro atoms. The van der Waals surface area contributed by atoms with Crippen molar-refractivity contribution in [3.8, 4) is 6.07 Å². The van der Waals surface area contributed by atoms with Gasteiger partial charge in [-0.2, -0.15) is 18.4 Å². The zero-order chi connectivity index (χ0) is 20.0. The number of aromatic nitrogens is 1. The van der Waals surface area contributed by atoms with E-state index in [1.165, 1.54) is 11.3 Å². The number of nitrogens with one attached hydrogen (secondary N) is 2.